The van der Waals surface area contributed by atoms with Gasteiger partial charge in [0.25, 0.3) is 0 Å². The van der Waals surface area contributed by atoms with Crippen LogP contribution in [0, 0.1) is 13.8 Å². The standard InChI is InChI=1S/C15H24N2/c1-12-7-8-13(2)15(10-12)17(3)11-14-6-4-5-9-16-14/h7-8,10,14,16H,4-6,9,11H2,1-3H3. The molecule has 0 bridgehead atoms. The van der Waals surface area contributed by atoms with Crippen LogP contribution in [-0.4, -0.2) is 26.2 Å². The molecule has 2 nitrogen and oxygen atoms in total. The summed E-state index contributed by atoms with van der Waals surface area (Å²) >= 11 is 0. The molecule has 2 rings (SSSR count). The molecule has 0 saturated carbocycles. The molecule has 0 spiro atoms. The van der Waals surface area contributed by atoms with Crippen molar-refractivity contribution in [3.8, 4) is 0 Å². The molecule has 2 heteroatoms. The summed E-state index contributed by atoms with van der Waals surface area (Å²) in [6.07, 6.45) is 4.02. The normalized spacial score (nSPS) is 20.3. The summed E-state index contributed by atoms with van der Waals surface area (Å²) in [6.45, 7) is 6.66. The van der Waals surface area contributed by atoms with Crippen molar-refractivity contribution in [3.63, 3.8) is 0 Å². The highest BCUT2D eigenvalue weighted by Gasteiger charge is 2.15. The third kappa shape index (κ3) is 3.22. The Morgan fingerprint density at radius 3 is 2.82 bits per heavy atom. The Bertz CT molecular complexity index is 367. The summed E-state index contributed by atoms with van der Waals surface area (Å²) in [7, 11) is 2.21. The second kappa shape index (κ2) is 5.54. The third-order valence-electron chi connectivity index (χ3n) is 3.68. The van der Waals surface area contributed by atoms with Crippen molar-refractivity contribution >= 4 is 5.69 Å². The first kappa shape index (κ1) is 12.4. The maximum absolute atomic E-state index is 3.61. The summed E-state index contributed by atoms with van der Waals surface area (Å²) in [5, 5.41) is 3.61. The number of rotatable bonds is 3. The molecular weight excluding hydrogens is 208 g/mol. The quantitative estimate of drug-likeness (QED) is 0.862. The van der Waals surface area contributed by atoms with Crippen molar-refractivity contribution in [2.45, 2.75) is 39.2 Å². The van der Waals surface area contributed by atoms with Gasteiger partial charge in [-0.2, -0.15) is 0 Å². The van der Waals surface area contributed by atoms with Crippen molar-refractivity contribution in [2.75, 3.05) is 25.0 Å². The van der Waals surface area contributed by atoms with Gasteiger partial charge < -0.3 is 10.2 Å². The van der Waals surface area contributed by atoms with Gasteiger partial charge in [0.15, 0.2) is 0 Å². The van der Waals surface area contributed by atoms with Gasteiger partial charge in [0, 0.05) is 25.3 Å². The Morgan fingerprint density at radius 2 is 2.12 bits per heavy atom. The van der Waals surface area contributed by atoms with Gasteiger partial charge in [-0.05, 0) is 50.4 Å². The van der Waals surface area contributed by atoms with E-state index in [1.807, 2.05) is 0 Å². The van der Waals surface area contributed by atoms with E-state index in [0.717, 1.165) is 6.54 Å². The number of benzene rings is 1. The van der Waals surface area contributed by atoms with E-state index in [-0.39, 0.29) is 0 Å². The first-order chi connectivity index (χ1) is 8.16. The van der Waals surface area contributed by atoms with Crippen molar-refractivity contribution < 1.29 is 0 Å². The molecule has 1 heterocycles. The maximum Gasteiger partial charge on any atom is 0.0396 e. The lowest BCUT2D eigenvalue weighted by Crippen LogP contribution is -2.42. The Morgan fingerprint density at radius 1 is 1.29 bits per heavy atom. The first-order valence-corrected chi connectivity index (χ1v) is 6.68. The highest BCUT2D eigenvalue weighted by molar-refractivity contribution is 5.54. The lowest BCUT2D eigenvalue weighted by molar-refractivity contribution is 0.403. The van der Waals surface area contributed by atoms with Crippen LogP contribution in [-0.2, 0) is 0 Å². The number of aryl methyl sites for hydroxylation is 2. The molecule has 1 unspecified atom stereocenters. The summed E-state index contributed by atoms with van der Waals surface area (Å²) < 4.78 is 0. The number of hydrogen-bond acceptors (Lipinski definition) is 2. The molecule has 1 N–H and O–H groups in total. The van der Waals surface area contributed by atoms with Gasteiger partial charge in [-0.1, -0.05) is 18.6 Å². The van der Waals surface area contributed by atoms with Gasteiger partial charge in [0.1, 0.15) is 0 Å². The van der Waals surface area contributed by atoms with E-state index in [0.29, 0.717) is 6.04 Å². The molecule has 1 aromatic carbocycles. The van der Waals surface area contributed by atoms with Crippen molar-refractivity contribution in [1.29, 1.82) is 0 Å². The largest absolute Gasteiger partial charge is 0.373 e. The zero-order valence-corrected chi connectivity index (χ0v) is 11.3. The Kier molecular flexibility index (Phi) is 4.06. The monoisotopic (exact) mass is 232 g/mol. The highest BCUT2D eigenvalue weighted by atomic mass is 15.1. The summed E-state index contributed by atoms with van der Waals surface area (Å²) in [6, 6.07) is 7.35. The van der Waals surface area contributed by atoms with E-state index in [9.17, 15) is 0 Å². The van der Waals surface area contributed by atoms with E-state index in [1.165, 1.54) is 42.6 Å². The fraction of sp³-hybridized carbons (Fsp3) is 0.600. The number of likely N-dealkylation sites (N-methyl/N-ethyl adjacent to an activating group) is 1. The molecule has 94 valence electrons. The second-order valence-electron chi connectivity index (χ2n) is 5.32. The molecule has 0 radical (unpaired) electrons. The fourth-order valence-electron chi connectivity index (χ4n) is 2.64. The van der Waals surface area contributed by atoms with Crippen molar-refractivity contribution in [1.82, 2.24) is 5.32 Å². The van der Waals surface area contributed by atoms with Crippen LogP contribution in [0.2, 0.25) is 0 Å². The van der Waals surface area contributed by atoms with Crippen LogP contribution in [0.25, 0.3) is 0 Å². The van der Waals surface area contributed by atoms with Gasteiger partial charge in [-0.15, -0.1) is 0 Å². The minimum Gasteiger partial charge on any atom is -0.373 e. The molecule has 1 atom stereocenters. The minimum atomic E-state index is 0.661. The second-order valence-corrected chi connectivity index (χ2v) is 5.32. The molecule has 1 aromatic rings. The van der Waals surface area contributed by atoms with Gasteiger partial charge in [0.05, 0.1) is 0 Å². The number of anilines is 1. The average molecular weight is 232 g/mol. The van der Waals surface area contributed by atoms with Crippen LogP contribution < -0.4 is 10.2 Å². The number of piperidine rings is 1. The summed E-state index contributed by atoms with van der Waals surface area (Å²) in [5.41, 5.74) is 4.08. The fourth-order valence-corrected chi connectivity index (χ4v) is 2.64. The van der Waals surface area contributed by atoms with Gasteiger partial charge in [0.2, 0.25) is 0 Å². The van der Waals surface area contributed by atoms with Crippen LogP contribution in [0.1, 0.15) is 30.4 Å². The summed E-state index contributed by atoms with van der Waals surface area (Å²) in [4.78, 5) is 2.39. The van der Waals surface area contributed by atoms with E-state index in [2.05, 4.69) is 49.3 Å². The first-order valence-electron chi connectivity index (χ1n) is 6.68. The maximum atomic E-state index is 3.61. The molecule has 0 amide bonds. The minimum absolute atomic E-state index is 0.661. The lowest BCUT2D eigenvalue weighted by atomic mass is 10.0. The van der Waals surface area contributed by atoms with E-state index in [4.69, 9.17) is 0 Å². The molecule has 0 aliphatic carbocycles. The molecule has 17 heavy (non-hydrogen) atoms. The average Bonchev–Trinajstić information content (AvgIpc) is 2.33. The van der Waals surface area contributed by atoms with Crippen molar-refractivity contribution in [2.24, 2.45) is 0 Å². The van der Waals surface area contributed by atoms with E-state index >= 15 is 0 Å². The predicted molar refractivity (Wildman–Crippen MR) is 74.8 cm³/mol. The highest BCUT2D eigenvalue weighted by Crippen LogP contribution is 2.21. The zero-order valence-electron chi connectivity index (χ0n) is 11.3. The van der Waals surface area contributed by atoms with Crippen LogP contribution in [0.5, 0.6) is 0 Å². The SMILES string of the molecule is Cc1ccc(C)c(N(C)CC2CCCCN2)c1. The molecule has 1 aliphatic rings. The topological polar surface area (TPSA) is 15.3 Å². The van der Waals surface area contributed by atoms with Crippen molar-refractivity contribution in [3.05, 3.63) is 29.3 Å². The Hall–Kier alpha value is -1.02. The number of nitrogens with zero attached hydrogens (tertiary/aromatic N) is 1. The summed E-state index contributed by atoms with van der Waals surface area (Å²) in [5.74, 6) is 0. The third-order valence-corrected chi connectivity index (χ3v) is 3.68. The van der Waals surface area contributed by atoms with Gasteiger partial charge >= 0.3 is 0 Å². The van der Waals surface area contributed by atoms with Gasteiger partial charge in [-0.3, -0.25) is 0 Å². The molecule has 1 saturated heterocycles. The Labute approximate surface area is 105 Å². The molecular formula is C15H24N2. The van der Waals surface area contributed by atoms with Gasteiger partial charge in [-0.25, -0.2) is 0 Å². The smallest absolute Gasteiger partial charge is 0.0396 e. The number of hydrogen-bond donors (Lipinski definition) is 1. The molecule has 1 fully saturated rings. The predicted octanol–water partition coefficient (Wildman–Crippen LogP) is 2.88. The van der Waals surface area contributed by atoms with Crippen LogP contribution in [0.4, 0.5) is 5.69 Å². The van der Waals surface area contributed by atoms with Crippen LogP contribution in [0.3, 0.4) is 0 Å². The van der Waals surface area contributed by atoms with Crippen LogP contribution in [0.15, 0.2) is 18.2 Å². The van der Waals surface area contributed by atoms with Crippen LogP contribution >= 0.6 is 0 Å². The molecule has 1 aliphatic heterocycles. The molecule has 0 aromatic heterocycles. The van der Waals surface area contributed by atoms with E-state index in [1.54, 1.807) is 0 Å². The number of nitrogens with one attached hydrogen (secondary N) is 1. The zero-order chi connectivity index (χ0) is 12.3. The van der Waals surface area contributed by atoms with E-state index < -0.39 is 0 Å². The Balaban J connectivity index is 2.02. The lowest BCUT2D eigenvalue weighted by Gasteiger charge is -2.30.